The van der Waals surface area contributed by atoms with Crippen molar-refractivity contribution in [2.75, 3.05) is 11.1 Å². The van der Waals surface area contributed by atoms with Gasteiger partial charge in [-0.1, -0.05) is 67.6 Å². The van der Waals surface area contributed by atoms with E-state index in [1.165, 1.54) is 33.2 Å². The van der Waals surface area contributed by atoms with Crippen molar-refractivity contribution in [1.29, 1.82) is 0 Å². The number of benzene rings is 2. The minimum atomic E-state index is -0.126. The summed E-state index contributed by atoms with van der Waals surface area (Å²) in [6, 6.07) is 17.9. The number of carbonyl (C=O) groups excluding carboxylic acids is 1. The van der Waals surface area contributed by atoms with Crippen LogP contribution in [-0.2, 0) is 18.3 Å². The van der Waals surface area contributed by atoms with E-state index in [4.69, 9.17) is 4.98 Å². The number of carbonyl (C=O) groups is 1. The Morgan fingerprint density at radius 1 is 1.12 bits per heavy atom. The van der Waals surface area contributed by atoms with Crippen LogP contribution in [0.4, 0.5) is 5.69 Å². The van der Waals surface area contributed by atoms with Gasteiger partial charge in [0.05, 0.1) is 11.3 Å². The number of unbranched alkanes of at least 4 members (excludes halogenated alkanes) is 1. The van der Waals surface area contributed by atoms with Crippen LogP contribution in [0, 0.1) is 0 Å². The number of fused-ring (bicyclic) bond motifs is 1. The summed E-state index contributed by atoms with van der Waals surface area (Å²) in [7, 11) is 1.70. The second kappa shape index (κ2) is 10.1. The van der Waals surface area contributed by atoms with Crippen LogP contribution in [0.2, 0.25) is 0 Å². The van der Waals surface area contributed by atoms with Crippen molar-refractivity contribution in [2.24, 2.45) is 7.05 Å². The highest BCUT2D eigenvalue weighted by molar-refractivity contribution is 7.99. The van der Waals surface area contributed by atoms with Crippen molar-refractivity contribution < 1.29 is 4.79 Å². The van der Waals surface area contributed by atoms with Gasteiger partial charge in [0.15, 0.2) is 5.16 Å². The van der Waals surface area contributed by atoms with E-state index < -0.39 is 0 Å². The quantitative estimate of drug-likeness (QED) is 0.267. The lowest BCUT2D eigenvalue weighted by atomic mass is 10.1. The molecule has 2 heterocycles. The number of hydrogen-bond donors (Lipinski definition) is 1. The predicted molar refractivity (Wildman–Crippen MR) is 135 cm³/mol. The highest BCUT2D eigenvalue weighted by Gasteiger charge is 2.16. The highest BCUT2D eigenvalue weighted by atomic mass is 32.2. The van der Waals surface area contributed by atoms with Gasteiger partial charge in [-0.3, -0.25) is 14.2 Å². The molecule has 0 fully saturated rings. The second-order valence-corrected chi connectivity index (χ2v) is 9.41. The molecule has 0 aliphatic rings. The van der Waals surface area contributed by atoms with Crippen molar-refractivity contribution in [3.05, 3.63) is 75.9 Å². The number of aryl methyl sites for hydroxylation is 1. The zero-order valence-corrected chi connectivity index (χ0v) is 19.8. The minimum absolute atomic E-state index is 0.0900. The summed E-state index contributed by atoms with van der Waals surface area (Å²) < 4.78 is 2.15. The average Bonchev–Trinajstić information content (AvgIpc) is 3.24. The van der Waals surface area contributed by atoms with Crippen LogP contribution in [0.15, 0.2) is 69.9 Å². The minimum Gasteiger partial charge on any atom is -0.325 e. The third-order valence-electron chi connectivity index (χ3n) is 5.23. The molecule has 0 atom stereocenters. The zero-order valence-electron chi connectivity index (χ0n) is 18.1. The van der Waals surface area contributed by atoms with Gasteiger partial charge in [-0.25, -0.2) is 4.98 Å². The molecule has 0 saturated carbocycles. The molecule has 2 aromatic heterocycles. The molecule has 0 radical (unpaired) electrons. The molecule has 0 spiro atoms. The van der Waals surface area contributed by atoms with E-state index in [0.29, 0.717) is 15.4 Å². The molecule has 1 N–H and O–H groups in total. The van der Waals surface area contributed by atoms with Gasteiger partial charge in [-0.2, -0.15) is 0 Å². The summed E-state index contributed by atoms with van der Waals surface area (Å²) in [5.74, 6) is 0.0491. The molecule has 0 bridgehead atoms. The Labute approximate surface area is 195 Å². The van der Waals surface area contributed by atoms with E-state index in [9.17, 15) is 9.59 Å². The molecule has 2 aromatic carbocycles. The largest absolute Gasteiger partial charge is 0.325 e. The molecule has 4 rings (SSSR count). The van der Waals surface area contributed by atoms with Gasteiger partial charge in [0.1, 0.15) is 4.70 Å². The Morgan fingerprint density at radius 2 is 1.88 bits per heavy atom. The van der Waals surface area contributed by atoms with E-state index >= 15 is 0 Å². The zero-order chi connectivity index (χ0) is 22.5. The number of thiophene rings is 1. The van der Waals surface area contributed by atoms with E-state index in [2.05, 4.69) is 24.4 Å². The van der Waals surface area contributed by atoms with Crippen LogP contribution in [0.1, 0.15) is 25.3 Å². The monoisotopic (exact) mass is 463 g/mol. The van der Waals surface area contributed by atoms with Crippen molar-refractivity contribution >= 4 is 44.9 Å². The Kier molecular flexibility index (Phi) is 7.07. The number of hydrogen-bond acceptors (Lipinski definition) is 5. The molecule has 0 aliphatic heterocycles. The van der Waals surface area contributed by atoms with Crippen LogP contribution in [0.3, 0.4) is 0 Å². The smallest absolute Gasteiger partial charge is 0.271 e. The van der Waals surface area contributed by atoms with E-state index in [1.54, 1.807) is 7.05 Å². The first-order valence-corrected chi connectivity index (χ1v) is 12.5. The molecule has 0 saturated heterocycles. The lowest BCUT2D eigenvalue weighted by molar-refractivity contribution is -0.113. The van der Waals surface area contributed by atoms with Crippen molar-refractivity contribution in [2.45, 2.75) is 31.3 Å². The van der Waals surface area contributed by atoms with Gasteiger partial charge in [0.25, 0.3) is 5.56 Å². The first-order valence-electron chi connectivity index (χ1n) is 10.6. The summed E-state index contributed by atoms with van der Waals surface area (Å²) in [6.07, 6.45) is 3.38. The van der Waals surface area contributed by atoms with Crippen LogP contribution in [-0.4, -0.2) is 21.2 Å². The maximum atomic E-state index is 12.9. The number of anilines is 1. The van der Waals surface area contributed by atoms with Gasteiger partial charge in [0, 0.05) is 23.7 Å². The number of amides is 1. The van der Waals surface area contributed by atoms with Crippen LogP contribution >= 0.6 is 23.1 Å². The molecular weight excluding hydrogens is 438 g/mol. The summed E-state index contributed by atoms with van der Waals surface area (Å²) in [5.41, 5.74) is 4.62. The predicted octanol–water partition coefficient (Wildman–Crippen LogP) is 5.74. The fourth-order valence-electron chi connectivity index (χ4n) is 3.44. The Hall–Kier alpha value is -2.90. The van der Waals surface area contributed by atoms with Crippen LogP contribution in [0.5, 0.6) is 0 Å². The Bertz CT molecular complexity index is 1280. The number of rotatable bonds is 8. The SMILES string of the molecule is CCCCc1ccc(NC(=O)CSc2nc3c(-c4ccccc4)csc3c(=O)n2C)cc1. The maximum Gasteiger partial charge on any atom is 0.271 e. The summed E-state index contributed by atoms with van der Waals surface area (Å²) in [6.45, 7) is 2.18. The van der Waals surface area contributed by atoms with Gasteiger partial charge in [0.2, 0.25) is 5.91 Å². The fraction of sp³-hybridized carbons (Fsp3) is 0.240. The van der Waals surface area contributed by atoms with Gasteiger partial charge < -0.3 is 5.32 Å². The van der Waals surface area contributed by atoms with Gasteiger partial charge in [-0.05, 0) is 36.1 Å². The normalized spacial score (nSPS) is 11.1. The Balaban J connectivity index is 1.48. The highest BCUT2D eigenvalue weighted by Crippen LogP contribution is 2.32. The molecule has 0 aliphatic carbocycles. The van der Waals surface area contributed by atoms with Crippen LogP contribution < -0.4 is 10.9 Å². The number of nitrogens with one attached hydrogen (secondary N) is 1. The molecule has 4 aromatic rings. The molecule has 32 heavy (non-hydrogen) atoms. The summed E-state index contributed by atoms with van der Waals surface area (Å²) >= 11 is 2.68. The fourth-order valence-corrected chi connectivity index (χ4v) is 5.19. The van der Waals surface area contributed by atoms with Crippen LogP contribution in [0.25, 0.3) is 21.3 Å². The molecule has 164 valence electrons. The number of aromatic nitrogens is 2. The average molecular weight is 464 g/mol. The van der Waals surface area contributed by atoms with Crippen molar-refractivity contribution in [3.8, 4) is 11.1 Å². The lowest BCUT2D eigenvalue weighted by Gasteiger charge is -2.09. The standard InChI is InChI=1S/C25H25N3O2S2/c1-3-4-8-17-11-13-19(14-12-17)26-21(29)16-32-25-27-22-20(18-9-6-5-7-10-18)15-31-23(22)24(30)28(25)2/h5-7,9-15H,3-4,8,16H2,1-2H3,(H,26,29). The van der Waals surface area contributed by atoms with E-state index in [0.717, 1.165) is 36.1 Å². The number of nitrogens with zero attached hydrogens (tertiary/aromatic N) is 2. The molecular formula is C25H25N3O2S2. The second-order valence-electron chi connectivity index (χ2n) is 7.59. The van der Waals surface area contributed by atoms with E-state index in [1.807, 2.05) is 47.8 Å². The summed E-state index contributed by atoms with van der Waals surface area (Å²) in [5, 5.41) is 5.43. The molecule has 1 amide bonds. The van der Waals surface area contributed by atoms with Gasteiger partial charge in [-0.15, -0.1) is 11.3 Å². The maximum absolute atomic E-state index is 12.9. The topological polar surface area (TPSA) is 64.0 Å². The van der Waals surface area contributed by atoms with Gasteiger partial charge >= 0.3 is 0 Å². The third kappa shape index (κ3) is 4.95. The molecule has 7 heteroatoms. The first kappa shape index (κ1) is 22.3. The molecule has 5 nitrogen and oxygen atoms in total. The van der Waals surface area contributed by atoms with Crippen molar-refractivity contribution in [3.63, 3.8) is 0 Å². The molecule has 0 unspecified atom stereocenters. The number of thioether (sulfide) groups is 1. The van der Waals surface area contributed by atoms with Crippen molar-refractivity contribution in [1.82, 2.24) is 9.55 Å². The van der Waals surface area contributed by atoms with E-state index in [-0.39, 0.29) is 17.2 Å². The summed E-state index contributed by atoms with van der Waals surface area (Å²) in [4.78, 5) is 30.1. The Morgan fingerprint density at radius 3 is 2.59 bits per heavy atom. The lowest BCUT2D eigenvalue weighted by Crippen LogP contribution is -2.20. The first-order chi connectivity index (χ1) is 15.6. The third-order valence-corrected chi connectivity index (χ3v) is 7.22.